The monoisotopic (exact) mass is 297 g/mol. The van der Waals surface area contributed by atoms with Crippen LogP contribution in [0.5, 0.6) is 0 Å². The maximum atomic E-state index is 11.0. The zero-order valence-corrected chi connectivity index (χ0v) is 12.5. The third kappa shape index (κ3) is 2.32. The Bertz CT molecular complexity index is 845. The number of non-ortho nitro benzene ring substituents is 1. The zero-order chi connectivity index (χ0) is 15.9. The molecule has 6 heteroatoms. The minimum absolute atomic E-state index is 0.0682. The summed E-state index contributed by atoms with van der Waals surface area (Å²) < 4.78 is 4.69. The minimum Gasteiger partial charge on any atom is -0.258 e. The van der Waals surface area contributed by atoms with Gasteiger partial charge in [-0.1, -0.05) is 45.0 Å². The van der Waals surface area contributed by atoms with Crippen molar-refractivity contribution >= 4 is 16.7 Å². The molecule has 0 spiro atoms. The molecule has 0 aliphatic heterocycles. The van der Waals surface area contributed by atoms with Gasteiger partial charge in [-0.2, -0.15) is 0 Å². The molecule has 0 fully saturated rings. The van der Waals surface area contributed by atoms with Crippen molar-refractivity contribution in [1.82, 2.24) is 10.3 Å². The van der Waals surface area contributed by atoms with Crippen LogP contribution in [0.3, 0.4) is 0 Å². The van der Waals surface area contributed by atoms with Crippen LogP contribution in [0.2, 0.25) is 0 Å². The molecule has 22 heavy (non-hydrogen) atoms. The van der Waals surface area contributed by atoms with Crippen LogP contribution < -0.4 is 0 Å². The van der Waals surface area contributed by atoms with Gasteiger partial charge < -0.3 is 0 Å². The number of aromatic nitrogens is 2. The van der Waals surface area contributed by atoms with E-state index in [0.717, 1.165) is 11.1 Å². The number of hydrogen-bond acceptors (Lipinski definition) is 5. The fraction of sp³-hybridized carbons (Fsp3) is 0.250. The highest BCUT2D eigenvalue weighted by Crippen LogP contribution is 2.33. The fourth-order valence-corrected chi connectivity index (χ4v) is 2.38. The van der Waals surface area contributed by atoms with Crippen molar-refractivity contribution in [2.75, 3.05) is 0 Å². The second-order valence-corrected chi connectivity index (χ2v) is 6.18. The Kier molecular flexibility index (Phi) is 3.16. The number of benzene rings is 2. The number of nitrogens with zero attached hydrogens (tertiary/aromatic N) is 3. The molecule has 1 aromatic heterocycles. The molecular formula is C16H15N3O3. The van der Waals surface area contributed by atoms with Crippen molar-refractivity contribution in [2.24, 2.45) is 0 Å². The van der Waals surface area contributed by atoms with Gasteiger partial charge in [0.05, 0.1) is 4.92 Å². The van der Waals surface area contributed by atoms with E-state index in [0.29, 0.717) is 5.52 Å². The molecule has 3 rings (SSSR count). The van der Waals surface area contributed by atoms with Gasteiger partial charge in [-0.25, -0.2) is 4.63 Å². The van der Waals surface area contributed by atoms with Crippen molar-refractivity contribution in [3.63, 3.8) is 0 Å². The second kappa shape index (κ2) is 4.91. The van der Waals surface area contributed by atoms with Gasteiger partial charge in [0.15, 0.2) is 0 Å². The van der Waals surface area contributed by atoms with Gasteiger partial charge in [0.1, 0.15) is 5.52 Å². The molecule has 0 bridgehead atoms. The van der Waals surface area contributed by atoms with Gasteiger partial charge in [-0.15, -0.1) is 0 Å². The van der Waals surface area contributed by atoms with E-state index in [2.05, 4.69) is 43.2 Å². The lowest BCUT2D eigenvalue weighted by atomic mass is 9.86. The zero-order valence-electron chi connectivity index (χ0n) is 12.5. The molecule has 0 saturated heterocycles. The molecule has 2 aromatic carbocycles. The average molecular weight is 297 g/mol. The van der Waals surface area contributed by atoms with Crippen molar-refractivity contribution in [1.29, 1.82) is 0 Å². The Labute approximate surface area is 126 Å². The van der Waals surface area contributed by atoms with E-state index in [9.17, 15) is 10.1 Å². The molecule has 0 saturated carbocycles. The molecule has 0 unspecified atom stereocenters. The molecule has 6 nitrogen and oxygen atoms in total. The first-order chi connectivity index (χ1) is 10.4. The van der Waals surface area contributed by atoms with Gasteiger partial charge in [0.2, 0.25) is 5.52 Å². The largest absolute Gasteiger partial charge is 0.300 e. The molecule has 0 amide bonds. The summed E-state index contributed by atoms with van der Waals surface area (Å²) in [5, 5.41) is 18.5. The Balaban J connectivity index is 2.13. The van der Waals surface area contributed by atoms with E-state index < -0.39 is 4.92 Å². The quantitative estimate of drug-likeness (QED) is 0.525. The van der Waals surface area contributed by atoms with E-state index in [1.807, 2.05) is 12.1 Å². The van der Waals surface area contributed by atoms with Crippen LogP contribution in [0, 0.1) is 10.1 Å². The third-order valence-corrected chi connectivity index (χ3v) is 3.65. The summed E-state index contributed by atoms with van der Waals surface area (Å²) in [5.41, 5.74) is 3.43. The second-order valence-electron chi connectivity index (χ2n) is 6.18. The summed E-state index contributed by atoms with van der Waals surface area (Å²) in [6, 6.07) is 11.2. The molecular weight excluding hydrogens is 282 g/mol. The Morgan fingerprint density at radius 3 is 2.23 bits per heavy atom. The van der Waals surface area contributed by atoms with E-state index in [-0.39, 0.29) is 16.6 Å². The maximum absolute atomic E-state index is 11.0. The average Bonchev–Trinajstić information content (AvgIpc) is 2.94. The first-order valence-electron chi connectivity index (χ1n) is 6.88. The molecule has 112 valence electrons. The van der Waals surface area contributed by atoms with Crippen LogP contribution in [0.4, 0.5) is 5.69 Å². The predicted octanol–water partition coefficient (Wildman–Crippen LogP) is 4.10. The van der Waals surface area contributed by atoms with E-state index in [1.165, 1.54) is 11.6 Å². The predicted molar refractivity (Wildman–Crippen MR) is 82.6 cm³/mol. The highest BCUT2D eigenvalue weighted by Gasteiger charge is 2.20. The van der Waals surface area contributed by atoms with Crippen LogP contribution >= 0.6 is 0 Å². The Hall–Kier alpha value is -2.76. The maximum Gasteiger partial charge on any atom is 0.300 e. The lowest BCUT2D eigenvalue weighted by molar-refractivity contribution is -0.383. The molecule has 0 radical (unpaired) electrons. The number of nitro groups is 1. The van der Waals surface area contributed by atoms with Crippen LogP contribution in [0.15, 0.2) is 41.0 Å². The summed E-state index contributed by atoms with van der Waals surface area (Å²) in [6.45, 7) is 6.44. The van der Waals surface area contributed by atoms with E-state index in [4.69, 9.17) is 4.63 Å². The summed E-state index contributed by atoms with van der Waals surface area (Å²) in [5.74, 6) is 0. The molecule has 0 aliphatic carbocycles. The van der Waals surface area contributed by atoms with Gasteiger partial charge in [0, 0.05) is 11.6 Å². The topological polar surface area (TPSA) is 82.1 Å². The summed E-state index contributed by atoms with van der Waals surface area (Å²) >= 11 is 0. The van der Waals surface area contributed by atoms with Crippen LogP contribution in [0.1, 0.15) is 26.3 Å². The van der Waals surface area contributed by atoms with Crippen molar-refractivity contribution < 1.29 is 9.55 Å². The van der Waals surface area contributed by atoms with Gasteiger partial charge in [-0.05, 0) is 32.9 Å². The highest BCUT2D eigenvalue weighted by atomic mass is 16.6. The highest BCUT2D eigenvalue weighted by molar-refractivity contribution is 5.96. The summed E-state index contributed by atoms with van der Waals surface area (Å²) in [7, 11) is 0. The molecule has 0 atom stereocenters. The van der Waals surface area contributed by atoms with E-state index in [1.54, 1.807) is 6.07 Å². The first-order valence-corrected chi connectivity index (χ1v) is 6.88. The van der Waals surface area contributed by atoms with Gasteiger partial charge in [-0.3, -0.25) is 10.1 Å². The minimum atomic E-state index is -0.487. The van der Waals surface area contributed by atoms with Gasteiger partial charge >= 0.3 is 5.69 Å². The number of nitro benzene ring substituents is 1. The van der Waals surface area contributed by atoms with Crippen LogP contribution in [-0.4, -0.2) is 15.2 Å². The molecule has 3 aromatic rings. The molecule has 0 aliphatic rings. The standard InChI is InChI=1S/C16H15N3O3/c1-16(2,3)11-6-4-10(5-7-11)12-8-9-13(19(20)21)15-14(12)17-22-18-15/h4-9H,1-3H3. The van der Waals surface area contributed by atoms with Crippen molar-refractivity contribution in [2.45, 2.75) is 26.2 Å². The van der Waals surface area contributed by atoms with Crippen molar-refractivity contribution in [3.8, 4) is 11.1 Å². The lowest BCUT2D eigenvalue weighted by Gasteiger charge is -2.19. The Morgan fingerprint density at radius 1 is 1.00 bits per heavy atom. The SMILES string of the molecule is CC(C)(C)c1ccc(-c2ccc([N+](=O)[O-])c3nonc23)cc1. The fourth-order valence-electron chi connectivity index (χ4n) is 2.38. The van der Waals surface area contributed by atoms with Crippen LogP contribution in [-0.2, 0) is 5.41 Å². The van der Waals surface area contributed by atoms with E-state index >= 15 is 0 Å². The first kappa shape index (κ1) is 14.2. The normalized spacial score (nSPS) is 11.8. The number of fused-ring (bicyclic) bond motifs is 1. The summed E-state index contributed by atoms with van der Waals surface area (Å²) in [6.07, 6.45) is 0. The number of hydrogen-bond donors (Lipinski definition) is 0. The molecule has 0 N–H and O–H groups in total. The Morgan fingerprint density at radius 2 is 1.64 bits per heavy atom. The molecule has 1 heterocycles. The third-order valence-electron chi connectivity index (χ3n) is 3.65. The summed E-state index contributed by atoms with van der Waals surface area (Å²) in [4.78, 5) is 10.5. The van der Waals surface area contributed by atoms with Crippen LogP contribution in [0.25, 0.3) is 22.2 Å². The number of rotatable bonds is 2. The smallest absolute Gasteiger partial charge is 0.258 e. The van der Waals surface area contributed by atoms with Gasteiger partial charge in [0.25, 0.3) is 0 Å². The lowest BCUT2D eigenvalue weighted by Crippen LogP contribution is -2.10. The van der Waals surface area contributed by atoms with Crippen molar-refractivity contribution in [3.05, 3.63) is 52.1 Å².